The summed E-state index contributed by atoms with van der Waals surface area (Å²) in [6, 6.07) is 15.5. The van der Waals surface area contributed by atoms with Crippen molar-refractivity contribution in [3.63, 3.8) is 0 Å². The van der Waals surface area contributed by atoms with Gasteiger partial charge in [0, 0.05) is 15.4 Å². The Balaban J connectivity index is 1.91. The van der Waals surface area contributed by atoms with E-state index in [0.717, 1.165) is 21.0 Å². The third-order valence-electron chi connectivity index (χ3n) is 3.33. The maximum atomic E-state index is 12.1. The first-order valence-electron chi connectivity index (χ1n) is 7.58. The fourth-order valence-corrected chi connectivity index (χ4v) is 3.32. The molecule has 1 aliphatic heterocycles. The topological polar surface area (TPSA) is 67.8 Å². The molecule has 0 saturated heterocycles. The number of hydrogen-bond acceptors (Lipinski definition) is 5. The molecule has 122 valence electrons. The van der Waals surface area contributed by atoms with E-state index in [1.807, 2.05) is 48.5 Å². The van der Waals surface area contributed by atoms with Crippen molar-refractivity contribution >= 4 is 35.2 Å². The van der Waals surface area contributed by atoms with E-state index in [4.69, 9.17) is 4.74 Å². The zero-order chi connectivity index (χ0) is 16.9. The van der Waals surface area contributed by atoms with E-state index in [9.17, 15) is 9.59 Å². The number of ether oxygens (including phenoxy) is 1. The Kier molecular flexibility index (Phi) is 4.96. The second-order valence-corrected chi connectivity index (χ2v) is 6.14. The van der Waals surface area contributed by atoms with E-state index < -0.39 is 11.9 Å². The van der Waals surface area contributed by atoms with Crippen LogP contribution in [0.25, 0.3) is 0 Å². The van der Waals surface area contributed by atoms with Crippen LogP contribution < -0.4 is 5.32 Å². The van der Waals surface area contributed by atoms with Crippen molar-refractivity contribution in [3.8, 4) is 0 Å². The lowest BCUT2D eigenvalue weighted by Crippen LogP contribution is -2.33. The maximum Gasteiger partial charge on any atom is 0.315 e. The number of nitrogens with one attached hydrogen (secondary N) is 1. The lowest BCUT2D eigenvalue weighted by molar-refractivity contribution is -0.145. The standard InChI is InChI=1S/C18H16N2O3S/c1-2-23-17(22)11-16(21)20-18-12-7-3-5-9-14(12)24-15-10-6-4-8-13(15)19-18/h3-10H,2,11H2,1H3,(H,19,20,21). The predicted octanol–water partition coefficient (Wildman–Crippen LogP) is 3.30. The summed E-state index contributed by atoms with van der Waals surface area (Å²) in [6.07, 6.45) is -0.330. The summed E-state index contributed by atoms with van der Waals surface area (Å²) in [4.78, 5) is 30.2. The minimum Gasteiger partial charge on any atom is -0.466 e. The fraction of sp³-hybridized carbons (Fsp3) is 0.167. The molecule has 2 aromatic rings. The lowest BCUT2D eigenvalue weighted by Gasteiger charge is -2.10. The number of esters is 1. The molecule has 0 aromatic heterocycles. The van der Waals surface area contributed by atoms with Crippen molar-refractivity contribution in [1.29, 1.82) is 0 Å². The predicted molar refractivity (Wildman–Crippen MR) is 92.6 cm³/mol. The zero-order valence-corrected chi connectivity index (χ0v) is 13.9. The number of rotatable bonds is 3. The van der Waals surface area contributed by atoms with Crippen LogP contribution in [0.1, 0.15) is 18.9 Å². The fourth-order valence-electron chi connectivity index (χ4n) is 2.30. The number of fused-ring (bicyclic) bond motifs is 2. The molecule has 3 rings (SSSR count). The van der Waals surface area contributed by atoms with Crippen LogP contribution in [0.5, 0.6) is 0 Å². The number of hydrogen-bond donors (Lipinski definition) is 1. The quantitative estimate of drug-likeness (QED) is 0.688. The minimum atomic E-state index is -0.549. The van der Waals surface area contributed by atoms with Gasteiger partial charge in [0.15, 0.2) is 0 Å². The number of para-hydroxylation sites is 1. The molecule has 6 heteroatoms. The Morgan fingerprint density at radius 2 is 1.79 bits per heavy atom. The first kappa shape index (κ1) is 16.3. The number of benzene rings is 2. The minimum absolute atomic E-state index is 0.250. The summed E-state index contributed by atoms with van der Waals surface area (Å²) in [7, 11) is 0. The van der Waals surface area contributed by atoms with Gasteiger partial charge >= 0.3 is 5.97 Å². The zero-order valence-electron chi connectivity index (χ0n) is 13.1. The van der Waals surface area contributed by atoms with Crippen LogP contribution in [0.4, 0.5) is 5.69 Å². The SMILES string of the molecule is CCOC(=O)CC(=O)NC1=Nc2ccccc2Sc2ccccc21. The highest BCUT2D eigenvalue weighted by molar-refractivity contribution is 7.99. The van der Waals surface area contributed by atoms with Gasteiger partial charge < -0.3 is 10.1 Å². The summed E-state index contributed by atoms with van der Waals surface area (Å²) in [6.45, 7) is 1.95. The maximum absolute atomic E-state index is 12.1. The van der Waals surface area contributed by atoms with Gasteiger partial charge in [-0.25, -0.2) is 4.99 Å². The third kappa shape index (κ3) is 3.65. The normalized spacial score (nSPS) is 12.3. The van der Waals surface area contributed by atoms with Gasteiger partial charge in [0.25, 0.3) is 0 Å². The third-order valence-corrected chi connectivity index (χ3v) is 4.47. The Labute approximate surface area is 144 Å². The van der Waals surface area contributed by atoms with Crippen LogP contribution in [0.15, 0.2) is 63.3 Å². The van der Waals surface area contributed by atoms with E-state index in [1.54, 1.807) is 18.7 Å². The van der Waals surface area contributed by atoms with Gasteiger partial charge in [-0.15, -0.1) is 0 Å². The van der Waals surface area contributed by atoms with Crippen LogP contribution in [0.2, 0.25) is 0 Å². The van der Waals surface area contributed by atoms with Crippen LogP contribution in [-0.4, -0.2) is 24.3 Å². The van der Waals surface area contributed by atoms with Gasteiger partial charge in [-0.1, -0.05) is 42.1 Å². The number of aliphatic imine (C=N–C) groups is 1. The first-order chi connectivity index (χ1) is 11.7. The Hall–Kier alpha value is -2.60. The first-order valence-corrected chi connectivity index (χ1v) is 8.39. The van der Waals surface area contributed by atoms with Gasteiger partial charge in [0.2, 0.25) is 5.91 Å². The molecule has 5 nitrogen and oxygen atoms in total. The number of amides is 1. The molecule has 0 bridgehead atoms. The van der Waals surface area contributed by atoms with Gasteiger partial charge in [0.1, 0.15) is 12.3 Å². The summed E-state index contributed by atoms with van der Waals surface area (Å²) in [5.41, 5.74) is 1.61. The number of nitrogens with zero attached hydrogens (tertiary/aromatic N) is 1. The lowest BCUT2D eigenvalue weighted by atomic mass is 10.2. The molecule has 0 atom stereocenters. The highest BCUT2D eigenvalue weighted by Gasteiger charge is 2.19. The molecule has 0 aliphatic carbocycles. The molecule has 0 radical (unpaired) electrons. The van der Waals surface area contributed by atoms with E-state index >= 15 is 0 Å². The molecule has 0 spiro atoms. The van der Waals surface area contributed by atoms with Gasteiger partial charge in [-0.3, -0.25) is 9.59 Å². The molecular weight excluding hydrogens is 324 g/mol. The summed E-state index contributed by atoms with van der Waals surface area (Å²) in [5, 5.41) is 2.74. The van der Waals surface area contributed by atoms with Gasteiger partial charge in [0.05, 0.1) is 12.3 Å². The summed E-state index contributed by atoms with van der Waals surface area (Å²) < 4.78 is 4.81. The molecule has 0 fully saturated rings. The summed E-state index contributed by atoms with van der Waals surface area (Å²) >= 11 is 1.60. The van der Waals surface area contributed by atoms with Crippen molar-refractivity contribution in [2.45, 2.75) is 23.1 Å². The highest BCUT2D eigenvalue weighted by Crippen LogP contribution is 2.39. The molecule has 24 heavy (non-hydrogen) atoms. The van der Waals surface area contributed by atoms with E-state index in [1.165, 1.54) is 0 Å². The average molecular weight is 340 g/mol. The molecule has 0 unspecified atom stereocenters. The average Bonchev–Trinajstić information content (AvgIpc) is 2.71. The van der Waals surface area contributed by atoms with E-state index in [2.05, 4.69) is 10.3 Å². The van der Waals surface area contributed by atoms with Crippen LogP contribution >= 0.6 is 11.8 Å². The Bertz CT molecular complexity index is 817. The van der Waals surface area contributed by atoms with Crippen molar-refractivity contribution in [2.75, 3.05) is 6.61 Å². The van der Waals surface area contributed by atoms with Gasteiger partial charge in [-0.2, -0.15) is 0 Å². The number of carbonyl (C=O) groups is 2. The molecular formula is C18H16N2O3S. The Morgan fingerprint density at radius 3 is 2.58 bits per heavy atom. The smallest absolute Gasteiger partial charge is 0.315 e. The van der Waals surface area contributed by atoms with Gasteiger partial charge in [-0.05, 0) is 25.1 Å². The second-order valence-electron chi connectivity index (χ2n) is 5.06. The molecule has 1 N–H and O–H groups in total. The summed E-state index contributed by atoms with van der Waals surface area (Å²) in [5.74, 6) is -0.545. The van der Waals surface area contributed by atoms with E-state index in [-0.39, 0.29) is 13.0 Å². The number of amidine groups is 1. The second kappa shape index (κ2) is 7.31. The molecule has 1 aliphatic rings. The van der Waals surface area contributed by atoms with Crippen LogP contribution in [0.3, 0.4) is 0 Å². The molecule has 2 aromatic carbocycles. The van der Waals surface area contributed by atoms with Crippen molar-refractivity contribution in [1.82, 2.24) is 5.32 Å². The monoisotopic (exact) mass is 340 g/mol. The van der Waals surface area contributed by atoms with Crippen molar-refractivity contribution in [2.24, 2.45) is 4.99 Å². The van der Waals surface area contributed by atoms with Crippen LogP contribution in [-0.2, 0) is 14.3 Å². The molecule has 0 saturated carbocycles. The van der Waals surface area contributed by atoms with Crippen molar-refractivity contribution in [3.05, 3.63) is 54.1 Å². The van der Waals surface area contributed by atoms with Crippen molar-refractivity contribution < 1.29 is 14.3 Å². The molecule has 1 heterocycles. The Morgan fingerprint density at radius 1 is 1.08 bits per heavy atom. The van der Waals surface area contributed by atoms with Crippen LogP contribution in [0, 0.1) is 0 Å². The largest absolute Gasteiger partial charge is 0.466 e. The van der Waals surface area contributed by atoms with E-state index in [0.29, 0.717) is 5.84 Å². The number of carbonyl (C=O) groups excluding carboxylic acids is 2. The molecule has 1 amide bonds. The highest BCUT2D eigenvalue weighted by atomic mass is 32.2.